The summed E-state index contributed by atoms with van der Waals surface area (Å²) in [5.41, 5.74) is 1.000. The summed E-state index contributed by atoms with van der Waals surface area (Å²) in [6, 6.07) is 9.99. The molecule has 9 heteroatoms. The van der Waals surface area contributed by atoms with Crippen LogP contribution in [-0.2, 0) is 14.8 Å². The normalized spacial score (nSPS) is 12.0. The molecule has 8 nitrogen and oxygen atoms in total. The molecule has 156 valence electrons. The molecular formula is C20H24N2O6S. The van der Waals surface area contributed by atoms with Gasteiger partial charge in [-0.3, -0.25) is 13.9 Å². The van der Waals surface area contributed by atoms with E-state index in [1.807, 2.05) is 0 Å². The Bertz CT molecular complexity index is 1020. The lowest BCUT2D eigenvalue weighted by Gasteiger charge is -2.29. The highest BCUT2D eigenvalue weighted by Crippen LogP contribution is 2.35. The third-order valence-electron chi connectivity index (χ3n) is 4.25. The van der Waals surface area contributed by atoms with E-state index in [0.717, 1.165) is 10.6 Å². The molecule has 29 heavy (non-hydrogen) atoms. The zero-order chi connectivity index (χ0) is 21.8. The van der Waals surface area contributed by atoms with Crippen molar-refractivity contribution in [3.63, 3.8) is 0 Å². The maximum absolute atomic E-state index is 12.8. The van der Waals surface area contributed by atoms with E-state index in [-0.39, 0.29) is 17.2 Å². The molecule has 0 spiro atoms. The zero-order valence-corrected chi connectivity index (χ0v) is 17.7. The second-order valence-corrected chi connectivity index (χ2v) is 8.26. The number of carbonyl (C=O) groups excluding carboxylic acids is 2. The molecule has 2 aromatic carbocycles. The first-order valence-corrected chi connectivity index (χ1v) is 10.6. The van der Waals surface area contributed by atoms with Crippen LogP contribution in [0.1, 0.15) is 24.2 Å². The van der Waals surface area contributed by atoms with Crippen molar-refractivity contribution in [3.05, 3.63) is 48.0 Å². The van der Waals surface area contributed by atoms with Crippen LogP contribution in [-0.4, -0.2) is 46.6 Å². The second kappa shape index (κ2) is 8.95. The monoisotopic (exact) mass is 420 g/mol. The summed E-state index contributed by atoms with van der Waals surface area (Å²) < 4.78 is 36.5. The highest BCUT2D eigenvalue weighted by atomic mass is 32.2. The molecule has 0 bridgehead atoms. The van der Waals surface area contributed by atoms with Gasteiger partial charge in [-0.2, -0.15) is 0 Å². The van der Waals surface area contributed by atoms with E-state index >= 15 is 0 Å². The maximum atomic E-state index is 12.8. The number of hydrogen-bond donors (Lipinski definition) is 1. The first-order chi connectivity index (χ1) is 13.6. The van der Waals surface area contributed by atoms with Crippen LogP contribution in [0.15, 0.2) is 42.5 Å². The van der Waals surface area contributed by atoms with Crippen LogP contribution in [0.25, 0.3) is 0 Å². The number of nitrogens with one attached hydrogen (secondary N) is 1. The van der Waals surface area contributed by atoms with Crippen molar-refractivity contribution in [1.82, 2.24) is 0 Å². The Balaban J connectivity index is 2.42. The molecule has 1 atom stereocenters. The largest absolute Gasteiger partial charge is 0.497 e. The van der Waals surface area contributed by atoms with E-state index in [1.165, 1.54) is 40.2 Å². The lowest BCUT2D eigenvalue weighted by molar-refractivity contribution is -0.116. The highest BCUT2D eigenvalue weighted by molar-refractivity contribution is 7.92. The van der Waals surface area contributed by atoms with Gasteiger partial charge < -0.3 is 14.8 Å². The molecule has 1 amide bonds. The quantitative estimate of drug-likeness (QED) is 0.659. The highest BCUT2D eigenvalue weighted by Gasteiger charge is 2.31. The molecule has 0 fully saturated rings. The van der Waals surface area contributed by atoms with Crippen molar-refractivity contribution in [2.75, 3.05) is 30.1 Å². The Morgan fingerprint density at radius 3 is 2.31 bits per heavy atom. The Kier molecular flexibility index (Phi) is 6.86. The van der Waals surface area contributed by atoms with E-state index in [1.54, 1.807) is 30.3 Å². The topological polar surface area (TPSA) is 102 Å². The van der Waals surface area contributed by atoms with Crippen molar-refractivity contribution in [1.29, 1.82) is 0 Å². The Labute approximate surface area is 170 Å². The second-order valence-electron chi connectivity index (χ2n) is 6.40. The van der Waals surface area contributed by atoms with Gasteiger partial charge >= 0.3 is 0 Å². The minimum absolute atomic E-state index is 0.145. The van der Waals surface area contributed by atoms with E-state index in [9.17, 15) is 18.0 Å². The van der Waals surface area contributed by atoms with E-state index in [0.29, 0.717) is 17.0 Å². The van der Waals surface area contributed by atoms with Crippen molar-refractivity contribution in [2.24, 2.45) is 0 Å². The number of carbonyl (C=O) groups is 2. The predicted octanol–water partition coefficient (Wildman–Crippen LogP) is 2.70. The summed E-state index contributed by atoms with van der Waals surface area (Å²) in [4.78, 5) is 24.4. The van der Waals surface area contributed by atoms with E-state index in [4.69, 9.17) is 9.47 Å². The first-order valence-electron chi connectivity index (χ1n) is 8.71. The standard InChI is InChI=1S/C20H24N2O6S/c1-13(20(24)21-16-8-6-7-15(11-16)14(2)23)22(29(5,25)26)18-12-17(27-3)9-10-19(18)28-4/h6-13H,1-5H3,(H,21,24)/t13-/m1/s1. The molecule has 0 saturated heterocycles. The number of Topliss-reactive ketones (excluding diaryl/α,β-unsaturated/α-hetero) is 1. The summed E-state index contributed by atoms with van der Waals surface area (Å²) in [6.07, 6.45) is 1.01. The number of benzene rings is 2. The fraction of sp³-hybridized carbons (Fsp3) is 0.300. The van der Waals surface area contributed by atoms with Crippen LogP contribution in [0.2, 0.25) is 0 Å². The van der Waals surface area contributed by atoms with Gasteiger partial charge in [-0.05, 0) is 38.1 Å². The van der Waals surface area contributed by atoms with Gasteiger partial charge in [0.25, 0.3) is 0 Å². The predicted molar refractivity (Wildman–Crippen MR) is 111 cm³/mol. The molecule has 0 aliphatic heterocycles. The SMILES string of the molecule is COc1ccc(OC)c(N([C@H](C)C(=O)Nc2cccc(C(C)=O)c2)S(C)(=O)=O)c1. The number of methoxy groups -OCH3 is 2. The summed E-state index contributed by atoms with van der Waals surface area (Å²) in [7, 11) is -0.991. The number of rotatable bonds is 8. The van der Waals surface area contributed by atoms with Crippen LogP contribution in [0.3, 0.4) is 0 Å². The first kappa shape index (κ1) is 22.2. The molecule has 2 aromatic rings. The molecule has 2 rings (SSSR count). The van der Waals surface area contributed by atoms with Crippen LogP contribution in [0, 0.1) is 0 Å². The van der Waals surface area contributed by atoms with Crippen LogP contribution >= 0.6 is 0 Å². The molecule has 1 N–H and O–H groups in total. The van der Waals surface area contributed by atoms with Crippen LogP contribution in [0.4, 0.5) is 11.4 Å². The zero-order valence-electron chi connectivity index (χ0n) is 16.9. The van der Waals surface area contributed by atoms with Gasteiger partial charge in [-0.1, -0.05) is 12.1 Å². The molecule has 0 aliphatic carbocycles. The lowest BCUT2D eigenvalue weighted by atomic mass is 10.1. The van der Waals surface area contributed by atoms with Crippen molar-refractivity contribution >= 4 is 33.1 Å². The molecule has 0 heterocycles. The minimum atomic E-state index is -3.85. The van der Waals surface area contributed by atoms with Crippen molar-refractivity contribution < 1.29 is 27.5 Å². The summed E-state index contributed by atoms with van der Waals surface area (Å²) in [6.45, 7) is 2.88. The number of hydrogen-bond acceptors (Lipinski definition) is 6. The number of anilines is 2. The van der Waals surface area contributed by atoms with Gasteiger partial charge in [-0.25, -0.2) is 8.42 Å². The van der Waals surface area contributed by atoms with Crippen molar-refractivity contribution in [2.45, 2.75) is 19.9 Å². The summed E-state index contributed by atoms with van der Waals surface area (Å²) in [5.74, 6) is -0.0281. The Morgan fingerprint density at radius 2 is 1.76 bits per heavy atom. The summed E-state index contributed by atoms with van der Waals surface area (Å²) in [5, 5.41) is 2.66. The fourth-order valence-electron chi connectivity index (χ4n) is 2.81. The third kappa shape index (κ3) is 5.26. The lowest BCUT2D eigenvalue weighted by Crippen LogP contribution is -2.45. The summed E-state index contributed by atoms with van der Waals surface area (Å²) >= 11 is 0. The van der Waals surface area contributed by atoms with E-state index in [2.05, 4.69) is 5.32 Å². The fourth-order valence-corrected chi connectivity index (χ4v) is 3.98. The molecule has 0 radical (unpaired) electrons. The Hall–Kier alpha value is -3.07. The number of nitrogens with zero attached hydrogens (tertiary/aromatic N) is 1. The van der Waals surface area contributed by atoms with Gasteiger partial charge in [0.2, 0.25) is 15.9 Å². The van der Waals surface area contributed by atoms with Crippen LogP contribution < -0.4 is 19.1 Å². The van der Waals surface area contributed by atoms with Gasteiger partial charge in [0, 0.05) is 17.3 Å². The molecule has 0 aromatic heterocycles. The number of sulfonamides is 1. The van der Waals surface area contributed by atoms with E-state index < -0.39 is 22.0 Å². The maximum Gasteiger partial charge on any atom is 0.247 e. The molecular weight excluding hydrogens is 396 g/mol. The van der Waals surface area contributed by atoms with Gasteiger partial charge in [0.1, 0.15) is 17.5 Å². The number of ether oxygens (including phenoxy) is 2. The van der Waals surface area contributed by atoms with Crippen LogP contribution in [0.5, 0.6) is 11.5 Å². The Morgan fingerprint density at radius 1 is 1.07 bits per heavy atom. The smallest absolute Gasteiger partial charge is 0.247 e. The number of ketones is 1. The third-order valence-corrected chi connectivity index (χ3v) is 5.48. The molecule has 0 aliphatic rings. The minimum Gasteiger partial charge on any atom is -0.497 e. The average Bonchev–Trinajstić information content (AvgIpc) is 2.67. The molecule has 0 saturated carbocycles. The van der Waals surface area contributed by atoms with Gasteiger partial charge in [0.05, 0.1) is 26.2 Å². The van der Waals surface area contributed by atoms with Gasteiger partial charge in [-0.15, -0.1) is 0 Å². The van der Waals surface area contributed by atoms with Crippen molar-refractivity contribution in [3.8, 4) is 11.5 Å². The average molecular weight is 420 g/mol. The number of amides is 1. The molecule has 0 unspecified atom stereocenters. The van der Waals surface area contributed by atoms with Gasteiger partial charge in [0.15, 0.2) is 5.78 Å².